The Morgan fingerprint density at radius 2 is 1.67 bits per heavy atom. The molecule has 0 aliphatic rings. The first-order chi connectivity index (χ1) is 7.20. The number of nitrogens with two attached hydrogens (primary N) is 2. The zero-order chi connectivity index (χ0) is 11.4. The van der Waals surface area contributed by atoms with Crippen molar-refractivity contribution in [2.45, 2.75) is 20.8 Å². The lowest BCUT2D eigenvalue weighted by Crippen LogP contribution is -1.95. The SMILES string of the molecule is CC.Cc1ccc2c(N)nccc2c1N. The third-order valence-electron chi connectivity index (χ3n) is 2.24. The molecule has 80 valence electrons. The third-order valence-corrected chi connectivity index (χ3v) is 2.24. The van der Waals surface area contributed by atoms with E-state index in [0.717, 1.165) is 22.0 Å². The lowest BCUT2D eigenvalue weighted by Gasteiger charge is -2.06. The van der Waals surface area contributed by atoms with E-state index >= 15 is 0 Å². The van der Waals surface area contributed by atoms with Crippen LogP contribution >= 0.6 is 0 Å². The summed E-state index contributed by atoms with van der Waals surface area (Å²) in [5, 5.41) is 1.90. The molecule has 0 saturated carbocycles. The summed E-state index contributed by atoms with van der Waals surface area (Å²) in [7, 11) is 0. The molecule has 1 aromatic carbocycles. The highest BCUT2D eigenvalue weighted by molar-refractivity contribution is 5.99. The second-order valence-electron chi connectivity index (χ2n) is 3.09. The quantitative estimate of drug-likeness (QED) is 0.647. The van der Waals surface area contributed by atoms with E-state index in [1.54, 1.807) is 6.20 Å². The van der Waals surface area contributed by atoms with E-state index < -0.39 is 0 Å². The van der Waals surface area contributed by atoms with Crippen molar-refractivity contribution in [1.29, 1.82) is 0 Å². The van der Waals surface area contributed by atoms with Gasteiger partial charge in [0.25, 0.3) is 0 Å². The Morgan fingerprint density at radius 3 is 2.33 bits per heavy atom. The van der Waals surface area contributed by atoms with Gasteiger partial charge in [0, 0.05) is 22.7 Å². The number of aromatic nitrogens is 1. The van der Waals surface area contributed by atoms with E-state index in [-0.39, 0.29) is 0 Å². The van der Waals surface area contributed by atoms with Crippen LogP contribution in [0.25, 0.3) is 10.8 Å². The first-order valence-electron chi connectivity index (χ1n) is 5.09. The van der Waals surface area contributed by atoms with Gasteiger partial charge in [-0.1, -0.05) is 26.0 Å². The molecule has 1 aromatic heterocycles. The highest BCUT2D eigenvalue weighted by Gasteiger charge is 2.03. The zero-order valence-corrected chi connectivity index (χ0v) is 9.41. The number of hydrogen-bond acceptors (Lipinski definition) is 3. The van der Waals surface area contributed by atoms with Gasteiger partial charge < -0.3 is 11.5 Å². The summed E-state index contributed by atoms with van der Waals surface area (Å²) in [6.07, 6.45) is 1.67. The van der Waals surface area contributed by atoms with Crippen molar-refractivity contribution in [2.75, 3.05) is 11.5 Å². The van der Waals surface area contributed by atoms with Gasteiger partial charge in [-0.2, -0.15) is 0 Å². The summed E-state index contributed by atoms with van der Waals surface area (Å²) >= 11 is 0. The predicted molar refractivity (Wildman–Crippen MR) is 66.7 cm³/mol. The largest absolute Gasteiger partial charge is 0.398 e. The Hall–Kier alpha value is -1.77. The van der Waals surface area contributed by atoms with Crippen molar-refractivity contribution in [1.82, 2.24) is 4.98 Å². The van der Waals surface area contributed by atoms with E-state index in [9.17, 15) is 0 Å². The number of nitrogens with zero attached hydrogens (tertiary/aromatic N) is 1. The highest BCUT2D eigenvalue weighted by Crippen LogP contribution is 2.26. The molecule has 0 saturated heterocycles. The predicted octanol–water partition coefficient (Wildman–Crippen LogP) is 2.73. The fraction of sp³-hybridized carbons (Fsp3) is 0.250. The lowest BCUT2D eigenvalue weighted by atomic mass is 10.1. The number of fused-ring (bicyclic) bond motifs is 1. The molecule has 15 heavy (non-hydrogen) atoms. The fourth-order valence-electron chi connectivity index (χ4n) is 1.41. The van der Waals surface area contributed by atoms with Crippen molar-refractivity contribution < 1.29 is 0 Å². The van der Waals surface area contributed by atoms with E-state index in [0.29, 0.717) is 5.82 Å². The van der Waals surface area contributed by atoms with Gasteiger partial charge >= 0.3 is 0 Å². The van der Waals surface area contributed by atoms with Crippen LogP contribution in [0.1, 0.15) is 19.4 Å². The maximum absolute atomic E-state index is 5.90. The van der Waals surface area contributed by atoms with Crippen LogP contribution in [0.3, 0.4) is 0 Å². The summed E-state index contributed by atoms with van der Waals surface area (Å²) in [6, 6.07) is 5.78. The molecule has 2 rings (SSSR count). The molecule has 3 nitrogen and oxygen atoms in total. The molecular weight excluding hydrogens is 186 g/mol. The summed E-state index contributed by atoms with van der Waals surface area (Å²) in [5.41, 5.74) is 13.5. The number of hydrogen-bond donors (Lipinski definition) is 2. The molecule has 0 unspecified atom stereocenters. The van der Waals surface area contributed by atoms with E-state index in [1.807, 2.05) is 39.0 Å². The van der Waals surface area contributed by atoms with Gasteiger partial charge in [0.2, 0.25) is 0 Å². The molecule has 1 heterocycles. The van der Waals surface area contributed by atoms with Gasteiger partial charge in [-0.05, 0) is 18.6 Å². The summed E-state index contributed by atoms with van der Waals surface area (Å²) < 4.78 is 0. The first kappa shape index (κ1) is 11.3. The summed E-state index contributed by atoms with van der Waals surface area (Å²) in [5.74, 6) is 0.532. The molecule has 0 atom stereocenters. The maximum Gasteiger partial charge on any atom is 0.131 e. The van der Waals surface area contributed by atoms with Crippen molar-refractivity contribution in [3.8, 4) is 0 Å². The Morgan fingerprint density at radius 1 is 1.00 bits per heavy atom. The summed E-state index contributed by atoms with van der Waals surface area (Å²) in [4.78, 5) is 4.00. The van der Waals surface area contributed by atoms with Crippen molar-refractivity contribution in [3.05, 3.63) is 30.0 Å². The monoisotopic (exact) mass is 203 g/mol. The second-order valence-corrected chi connectivity index (χ2v) is 3.09. The van der Waals surface area contributed by atoms with Crippen LogP contribution < -0.4 is 11.5 Å². The van der Waals surface area contributed by atoms with E-state index in [4.69, 9.17) is 11.5 Å². The number of aryl methyl sites for hydroxylation is 1. The van der Waals surface area contributed by atoms with Crippen LogP contribution in [0.5, 0.6) is 0 Å². The zero-order valence-electron chi connectivity index (χ0n) is 9.41. The van der Waals surface area contributed by atoms with Gasteiger partial charge in [-0.15, -0.1) is 0 Å². The van der Waals surface area contributed by atoms with E-state index in [2.05, 4.69) is 4.98 Å². The molecule has 0 spiro atoms. The van der Waals surface area contributed by atoms with Gasteiger partial charge in [-0.3, -0.25) is 0 Å². The fourth-order valence-corrected chi connectivity index (χ4v) is 1.41. The Bertz CT molecular complexity index is 464. The molecule has 0 fully saturated rings. The molecule has 0 bridgehead atoms. The van der Waals surface area contributed by atoms with Crippen LogP contribution in [0, 0.1) is 6.92 Å². The maximum atomic E-state index is 5.90. The van der Waals surface area contributed by atoms with Crippen molar-refractivity contribution in [3.63, 3.8) is 0 Å². The molecule has 3 heteroatoms. The lowest BCUT2D eigenvalue weighted by molar-refractivity contribution is 1.36. The molecular formula is C12H17N3. The number of rotatable bonds is 0. The molecule has 0 aliphatic carbocycles. The number of nitrogen functional groups attached to an aromatic ring is 2. The highest BCUT2D eigenvalue weighted by atomic mass is 14.8. The van der Waals surface area contributed by atoms with Crippen LogP contribution in [0.15, 0.2) is 24.4 Å². The topological polar surface area (TPSA) is 64.9 Å². The van der Waals surface area contributed by atoms with Crippen LogP contribution in [0.2, 0.25) is 0 Å². The Balaban J connectivity index is 0.000000531. The molecule has 0 amide bonds. The van der Waals surface area contributed by atoms with Crippen molar-refractivity contribution in [2.24, 2.45) is 0 Å². The van der Waals surface area contributed by atoms with Gasteiger partial charge in [-0.25, -0.2) is 4.98 Å². The minimum absolute atomic E-state index is 0.532. The molecule has 4 N–H and O–H groups in total. The summed E-state index contributed by atoms with van der Waals surface area (Å²) in [6.45, 7) is 5.98. The smallest absolute Gasteiger partial charge is 0.131 e. The minimum Gasteiger partial charge on any atom is -0.398 e. The van der Waals surface area contributed by atoms with Gasteiger partial charge in [0.05, 0.1) is 0 Å². The second kappa shape index (κ2) is 4.64. The number of pyridine rings is 1. The van der Waals surface area contributed by atoms with Gasteiger partial charge in [0.15, 0.2) is 0 Å². The van der Waals surface area contributed by atoms with Gasteiger partial charge in [0.1, 0.15) is 5.82 Å². The Labute approximate surface area is 90.1 Å². The van der Waals surface area contributed by atoms with Crippen LogP contribution in [-0.4, -0.2) is 4.98 Å². The molecule has 2 aromatic rings. The van der Waals surface area contributed by atoms with E-state index in [1.165, 1.54) is 0 Å². The normalized spacial score (nSPS) is 9.53. The number of anilines is 2. The number of benzene rings is 1. The minimum atomic E-state index is 0.532. The molecule has 0 radical (unpaired) electrons. The van der Waals surface area contributed by atoms with Crippen LogP contribution in [-0.2, 0) is 0 Å². The van der Waals surface area contributed by atoms with Crippen LogP contribution in [0.4, 0.5) is 11.5 Å². The standard InChI is InChI=1S/C10H11N3.C2H6/c1-6-2-3-8-7(9(6)11)4-5-13-10(8)12;1-2/h2-5H,11H2,1H3,(H2,12,13);1-2H3. The average Bonchev–Trinajstić information content (AvgIpc) is 2.27. The third kappa shape index (κ3) is 2.01. The molecule has 0 aliphatic heterocycles. The Kier molecular flexibility index (Phi) is 3.50. The average molecular weight is 203 g/mol. The first-order valence-corrected chi connectivity index (χ1v) is 5.09. The van der Waals surface area contributed by atoms with Crippen molar-refractivity contribution >= 4 is 22.3 Å².